The maximum absolute atomic E-state index is 11.0. The zero-order valence-corrected chi connectivity index (χ0v) is 7.29. The molecule has 0 aromatic rings. The molecule has 3 heteroatoms. The molecule has 1 unspecified atom stereocenters. The maximum Gasteiger partial charge on any atom is 0.342 e. The number of esters is 2. The standard InChI is InChI=1S/C9H12O3/c1-3-4-5-7-6(2)8(10)12-9(7)11/h5-6H,3-4H2,1-2H3. The summed E-state index contributed by atoms with van der Waals surface area (Å²) in [6, 6.07) is 0. The quantitative estimate of drug-likeness (QED) is 0.356. The van der Waals surface area contributed by atoms with Gasteiger partial charge in [0.25, 0.3) is 0 Å². The second-order valence-electron chi connectivity index (χ2n) is 2.88. The van der Waals surface area contributed by atoms with E-state index in [2.05, 4.69) is 4.74 Å². The molecule has 1 fully saturated rings. The monoisotopic (exact) mass is 168 g/mol. The first-order chi connectivity index (χ1) is 5.66. The van der Waals surface area contributed by atoms with Crippen LogP contribution in [0.3, 0.4) is 0 Å². The number of allylic oxidation sites excluding steroid dienone is 1. The Bertz CT molecular complexity index is 240. The van der Waals surface area contributed by atoms with Crippen molar-refractivity contribution in [2.24, 2.45) is 5.92 Å². The summed E-state index contributed by atoms with van der Waals surface area (Å²) in [7, 11) is 0. The fraction of sp³-hybridized carbons (Fsp3) is 0.556. The van der Waals surface area contributed by atoms with Crippen LogP contribution < -0.4 is 0 Å². The van der Waals surface area contributed by atoms with Gasteiger partial charge < -0.3 is 4.74 Å². The first-order valence-electron chi connectivity index (χ1n) is 4.13. The summed E-state index contributed by atoms with van der Waals surface area (Å²) in [5.74, 6) is -1.27. The minimum atomic E-state index is -0.471. The number of hydrogen-bond acceptors (Lipinski definition) is 3. The lowest BCUT2D eigenvalue weighted by atomic mass is 10.0. The summed E-state index contributed by atoms with van der Waals surface area (Å²) in [5, 5.41) is 0. The molecule has 0 N–H and O–H groups in total. The van der Waals surface area contributed by atoms with Crippen molar-refractivity contribution in [2.75, 3.05) is 0 Å². The molecular formula is C9H12O3. The predicted octanol–water partition coefficient (Wildman–Crippen LogP) is 1.43. The third-order valence-electron chi connectivity index (χ3n) is 1.90. The minimum absolute atomic E-state index is 0.371. The van der Waals surface area contributed by atoms with E-state index in [9.17, 15) is 9.59 Å². The minimum Gasteiger partial charge on any atom is -0.389 e. The van der Waals surface area contributed by atoms with Crippen molar-refractivity contribution in [2.45, 2.75) is 26.7 Å². The lowest BCUT2D eigenvalue weighted by Gasteiger charge is -1.94. The summed E-state index contributed by atoms with van der Waals surface area (Å²) >= 11 is 0. The highest BCUT2D eigenvalue weighted by Gasteiger charge is 2.34. The van der Waals surface area contributed by atoms with Crippen LogP contribution >= 0.6 is 0 Å². The number of ether oxygens (including phenoxy) is 1. The summed E-state index contributed by atoms with van der Waals surface area (Å²) in [4.78, 5) is 21.9. The van der Waals surface area contributed by atoms with Gasteiger partial charge in [0.2, 0.25) is 0 Å². The lowest BCUT2D eigenvalue weighted by Crippen LogP contribution is -2.03. The van der Waals surface area contributed by atoms with E-state index in [0.29, 0.717) is 5.57 Å². The molecule has 0 saturated carbocycles. The maximum atomic E-state index is 11.0. The first kappa shape index (κ1) is 8.97. The van der Waals surface area contributed by atoms with Crippen LogP contribution in [0.2, 0.25) is 0 Å². The average molecular weight is 168 g/mol. The lowest BCUT2D eigenvalue weighted by molar-refractivity contribution is -0.152. The molecule has 0 aromatic heterocycles. The van der Waals surface area contributed by atoms with Crippen molar-refractivity contribution >= 4 is 11.9 Å². The molecule has 0 aliphatic carbocycles. The Morgan fingerprint density at radius 3 is 2.58 bits per heavy atom. The van der Waals surface area contributed by atoms with Crippen molar-refractivity contribution < 1.29 is 14.3 Å². The fourth-order valence-corrected chi connectivity index (χ4v) is 1.10. The molecule has 1 aliphatic heterocycles. The van der Waals surface area contributed by atoms with Crippen LogP contribution in [0.25, 0.3) is 0 Å². The Balaban J connectivity index is 2.76. The molecular weight excluding hydrogens is 156 g/mol. The zero-order valence-electron chi connectivity index (χ0n) is 7.29. The van der Waals surface area contributed by atoms with E-state index in [4.69, 9.17) is 0 Å². The molecule has 12 heavy (non-hydrogen) atoms. The zero-order chi connectivity index (χ0) is 9.14. The third-order valence-corrected chi connectivity index (χ3v) is 1.90. The van der Waals surface area contributed by atoms with E-state index < -0.39 is 11.9 Å². The molecule has 0 amide bonds. The largest absolute Gasteiger partial charge is 0.389 e. The van der Waals surface area contributed by atoms with Gasteiger partial charge in [-0.3, -0.25) is 4.79 Å². The van der Waals surface area contributed by atoms with Crippen molar-refractivity contribution in [3.63, 3.8) is 0 Å². The second kappa shape index (κ2) is 3.52. The van der Waals surface area contributed by atoms with Crippen molar-refractivity contribution in [1.82, 2.24) is 0 Å². The molecule has 0 spiro atoms. The predicted molar refractivity (Wildman–Crippen MR) is 43.3 cm³/mol. The average Bonchev–Trinajstić information content (AvgIpc) is 2.25. The smallest absolute Gasteiger partial charge is 0.342 e. The van der Waals surface area contributed by atoms with E-state index in [1.54, 1.807) is 13.0 Å². The Morgan fingerprint density at radius 1 is 1.50 bits per heavy atom. The fourth-order valence-electron chi connectivity index (χ4n) is 1.10. The molecule has 1 heterocycles. The van der Waals surface area contributed by atoms with Crippen molar-refractivity contribution in [3.8, 4) is 0 Å². The van der Waals surface area contributed by atoms with Crippen LogP contribution in [0.4, 0.5) is 0 Å². The number of cyclic esters (lactones) is 2. The Kier molecular flexibility index (Phi) is 2.63. The number of hydrogen-bond donors (Lipinski definition) is 0. The van der Waals surface area contributed by atoms with Gasteiger partial charge in [0, 0.05) is 5.57 Å². The van der Waals surface area contributed by atoms with E-state index in [0.717, 1.165) is 12.8 Å². The highest BCUT2D eigenvalue weighted by atomic mass is 16.6. The van der Waals surface area contributed by atoms with Crippen LogP contribution in [0.1, 0.15) is 26.7 Å². The van der Waals surface area contributed by atoms with Crippen LogP contribution in [0.5, 0.6) is 0 Å². The summed E-state index contributed by atoms with van der Waals surface area (Å²) in [6.45, 7) is 3.71. The molecule has 1 atom stereocenters. The summed E-state index contributed by atoms with van der Waals surface area (Å²) in [5.41, 5.74) is 0.516. The van der Waals surface area contributed by atoms with Gasteiger partial charge in [-0.2, -0.15) is 0 Å². The topological polar surface area (TPSA) is 43.4 Å². The van der Waals surface area contributed by atoms with E-state index in [1.165, 1.54) is 0 Å². The van der Waals surface area contributed by atoms with Gasteiger partial charge in [0.15, 0.2) is 0 Å². The van der Waals surface area contributed by atoms with E-state index in [-0.39, 0.29) is 5.92 Å². The Labute approximate surface area is 71.4 Å². The number of carbonyl (C=O) groups excluding carboxylic acids is 2. The Hall–Kier alpha value is -1.12. The molecule has 1 rings (SSSR count). The highest BCUT2D eigenvalue weighted by molar-refractivity contribution is 6.07. The van der Waals surface area contributed by atoms with Gasteiger partial charge in [-0.25, -0.2) is 4.79 Å². The second-order valence-corrected chi connectivity index (χ2v) is 2.88. The normalized spacial score (nSPS) is 26.5. The summed E-state index contributed by atoms with van der Waals surface area (Å²) in [6.07, 6.45) is 3.58. The van der Waals surface area contributed by atoms with Gasteiger partial charge >= 0.3 is 11.9 Å². The molecule has 0 radical (unpaired) electrons. The van der Waals surface area contributed by atoms with Crippen LogP contribution in [-0.4, -0.2) is 11.9 Å². The van der Waals surface area contributed by atoms with Gasteiger partial charge in [-0.05, 0) is 13.3 Å². The SMILES string of the molecule is CCCC=C1C(=O)OC(=O)C1C. The van der Waals surface area contributed by atoms with E-state index >= 15 is 0 Å². The van der Waals surface area contributed by atoms with Gasteiger partial charge in [-0.15, -0.1) is 0 Å². The first-order valence-corrected chi connectivity index (χ1v) is 4.13. The molecule has 3 nitrogen and oxygen atoms in total. The molecule has 1 aliphatic rings. The van der Waals surface area contributed by atoms with E-state index in [1.807, 2.05) is 6.92 Å². The van der Waals surface area contributed by atoms with Crippen molar-refractivity contribution in [3.05, 3.63) is 11.6 Å². The molecule has 66 valence electrons. The number of carbonyl (C=O) groups is 2. The number of unbranched alkanes of at least 4 members (excludes halogenated alkanes) is 1. The Morgan fingerprint density at radius 2 is 2.17 bits per heavy atom. The van der Waals surface area contributed by atoms with Crippen LogP contribution in [0, 0.1) is 5.92 Å². The third kappa shape index (κ3) is 1.55. The van der Waals surface area contributed by atoms with Gasteiger partial charge in [-0.1, -0.05) is 19.4 Å². The number of rotatable bonds is 2. The van der Waals surface area contributed by atoms with Crippen LogP contribution in [-0.2, 0) is 14.3 Å². The molecule has 1 saturated heterocycles. The molecule has 0 bridgehead atoms. The molecule has 0 aromatic carbocycles. The van der Waals surface area contributed by atoms with Gasteiger partial charge in [0.05, 0.1) is 5.92 Å². The van der Waals surface area contributed by atoms with Crippen molar-refractivity contribution in [1.29, 1.82) is 0 Å². The van der Waals surface area contributed by atoms with Gasteiger partial charge in [0.1, 0.15) is 0 Å². The van der Waals surface area contributed by atoms with Crippen LogP contribution in [0.15, 0.2) is 11.6 Å². The highest BCUT2D eigenvalue weighted by Crippen LogP contribution is 2.22. The summed E-state index contributed by atoms with van der Waals surface area (Å²) < 4.78 is 4.44.